The number of carbonyl (C=O) groups is 2. The third-order valence-corrected chi connectivity index (χ3v) is 4.97. The van der Waals surface area contributed by atoms with E-state index in [4.69, 9.17) is 0 Å². The highest BCUT2D eigenvalue weighted by atomic mass is 16.2. The lowest BCUT2D eigenvalue weighted by Gasteiger charge is -2.31. The lowest BCUT2D eigenvalue weighted by Crippen LogP contribution is -2.40. The maximum Gasteiger partial charge on any atom is 0.270 e. The molecule has 0 atom stereocenters. The van der Waals surface area contributed by atoms with Gasteiger partial charge in [0.15, 0.2) is 5.78 Å². The number of hydrogen-bond donors (Lipinski definition) is 1. The number of nitrogens with zero attached hydrogens (tertiary/aromatic N) is 1. The number of fused-ring (bicyclic) bond motifs is 1. The van der Waals surface area contributed by atoms with Crippen LogP contribution in [0.3, 0.4) is 0 Å². The van der Waals surface area contributed by atoms with Gasteiger partial charge in [0.25, 0.3) is 5.91 Å². The molecule has 2 heterocycles. The van der Waals surface area contributed by atoms with Gasteiger partial charge >= 0.3 is 0 Å². The summed E-state index contributed by atoms with van der Waals surface area (Å²) in [5.74, 6) is 0.217. The van der Waals surface area contributed by atoms with Gasteiger partial charge in [0.2, 0.25) is 0 Å². The molecule has 4 rings (SSSR count). The number of piperidine rings is 1. The van der Waals surface area contributed by atoms with E-state index in [2.05, 4.69) is 4.98 Å². The van der Waals surface area contributed by atoms with E-state index >= 15 is 0 Å². The fraction of sp³-hybridized carbons (Fsp3) is 0.238. The van der Waals surface area contributed by atoms with Gasteiger partial charge in [0, 0.05) is 35.5 Å². The molecule has 2 aromatic carbocycles. The molecule has 0 unspecified atom stereocenters. The Morgan fingerprint density at radius 1 is 0.920 bits per heavy atom. The highest BCUT2D eigenvalue weighted by molar-refractivity contribution is 5.99. The van der Waals surface area contributed by atoms with E-state index in [9.17, 15) is 9.59 Å². The molecule has 0 spiro atoms. The van der Waals surface area contributed by atoms with Crippen molar-refractivity contribution in [3.8, 4) is 0 Å². The number of likely N-dealkylation sites (tertiary alicyclic amines) is 1. The van der Waals surface area contributed by atoms with Gasteiger partial charge in [-0.3, -0.25) is 9.59 Å². The third kappa shape index (κ3) is 3.07. The minimum atomic E-state index is 0.00849. The summed E-state index contributed by atoms with van der Waals surface area (Å²) >= 11 is 0. The number of rotatable bonds is 3. The second-order valence-electron chi connectivity index (χ2n) is 6.57. The Hall–Kier alpha value is -2.88. The van der Waals surface area contributed by atoms with Crippen LogP contribution in [0.2, 0.25) is 0 Å². The Morgan fingerprint density at radius 2 is 1.60 bits per heavy atom. The van der Waals surface area contributed by atoms with Gasteiger partial charge in [-0.2, -0.15) is 0 Å². The van der Waals surface area contributed by atoms with Gasteiger partial charge in [-0.15, -0.1) is 0 Å². The molecule has 4 heteroatoms. The summed E-state index contributed by atoms with van der Waals surface area (Å²) in [6.45, 7) is 1.24. The number of Topliss-reactive ketones (excluding diaryl/α,β-unsaturated/α-hetero) is 1. The van der Waals surface area contributed by atoms with Gasteiger partial charge in [0.1, 0.15) is 5.69 Å². The molecule has 1 N–H and O–H groups in total. The third-order valence-electron chi connectivity index (χ3n) is 4.97. The topological polar surface area (TPSA) is 53.2 Å². The van der Waals surface area contributed by atoms with Crippen molar-refractivity contribution in [2.45, 2.75) is 12.8 Å². The van der Waals surface area contributed by atoms with Gasteiger partial charge in [-0.05, 0) is 25.0 Å². The van der Waals surface area contributed by atoms with Crippen molar-refractivity contribution in [3.63, 3.8) is 0 Å². The molecule has 0 aliphatic carbocycles. The van der Waals surface area contributed by atoms with Crippen LogP contribution in [0.5, 0.6) is 0 Å². The Morgan fingerprint density at radius 3 is 2.32 bits per heavy atom. The highest BCUT2D eigenvalue weighted by Gasteiger charge is 2.28. The lowest BCUT2D eigenvalue weighted by atomic mass is 9.89. The molecule has 0 radical (unpaired) electrons. The lowest BCUT2D eigenvalue weighted by molar-refractivity contribution is 0.0646. The maximum absolute atomic E-state index is 12.7. The van der Waals surface area contributed by atoms with Crippen molar-refractivity contribution in [1.82, 2.24) is 9.88 Å². The smallest absolute Gasteiger partial charge is 0.270 e. The zero-order valence-corrected chi connectivity index (χ0v) is 13.9. The monoisotopic (exact) mass is 332 g/mol. The number of benzene rings is 2. The Balaban J connectivity index is 1.43. The molecular weight excluding hydrogens is 312 g/mol. The van der Waals surface area contributed by atoms with Crippen molar-refractivity contribution in [1.29, 1.82) is 0 Å². The predicted molar refractivity (Wildman–Crippen MR) is 97.7 cm³/mol. The Kier molecular flexibility index (Phi) is 4.10. The van der Waals surface area contributed by atoms with E-state index in [0.29, 0.717) is 18.8 Å². The second-order valence-corrected chi connectivity index (χ2v) is 6.57. The minimum absolute atomic E-state index is 0.00849. The fourth-order valence-corrected chi connectivity index (χ4v) is 3.54. The van der Waals surface area contributed by atoms with E-state index in [-0.39, 0.29) is 17.6 Å². The quantitative estimate of drug-likeness (QED) is 0.740. The van der Waals surface area contributed by atoms with Crippen LogP contribution in [0.4, 0.5) is 0 Å². The van der Waals surface area contributed by atoms with Crippen molar-refractivity contribution >= 4 is 22.6 Å². The molecular formula is C21H20N2O2. The summed E-state index contributed by atoms with van der Waals surface area (Å²) in [5.41, 5.74) is 2.36. The van der Waals surface area contributed by atoms with Gasteiger partial charge in [-0.25, -0.2) is 0 Å². The van der Waals surface area contributed by atoms with Crippen LogP contribution in [0.15, 0.2) is 60.7 Å². The summed E-state index contributed by atoms with van der Waals surface area (Å²) in [4.78, 5) is 30.3. The number of hydrogen-bond acceptors (Lipinski definition) is 2. The van der Waals surface area contributed by atoms with E-state index < -0.39 is 0 Å². The number of nitrogens with one attached hydrogen (secondary N) is 1. The van der Waals surface area contributed by atoms with Crippen molar-refractivity contribution in [2.75, 3.05) is 13.1 Å². The van der Waals surface area contributed by atoms with E-state index in [1.54, 1.807) is 0 Å². The maximum atomic E-state index is 12.7. The van der Waals surface area contributed by atoms with Crippen molar-refractivity contribution in [2.24, 2.45) is 5.92 Å². The number of amides is 1. The number of aromatic nitrogens is 1. The molecule has 1 aromatic heterocycles. The molecule has 1 amide bonds. The molecule has 4 nitrogen and oxygen atoms in total. The van der Waals surface area contributed by atoms with Crippen LogP contribution < -0.4 is 0 Å². The zero-order chi connectivity index (χ0) is 17.2. The minimum Gasteiger partial charge on any atom is -0.351 e. The largest absolute Gasteiger partial charge is 0.351 e. The predicted octanol–water partition coefficient (Wildman–Crippen LogP) is 3.90. The Labute approximate surface area is 146 Å². The van der Waals surface area contributed by atoms with Crippen LogP contribution in [-0.2, 0) is 0 Å². The molecule has 126 valence electrons. The number of aromatic amines is 1. The molecule has 1 aliphatic heterocycles. The first-order chi connectivity index (χ1) is 12.2. The summed E-state index contributed by atoms with van der Waals surface area (Å²) in [6, 6.07) is 19.2. The first kappa shape index (κ1) is 15.6. The number of H-pyrrole nitrogens is 1. The Bertz CT molecular complexity index is 873. The van der Waals surface area contributed by atoms with Crippen LogP contribution in [0, 0.1) is 5.92 Å². The number of carbonyl (C=O) groups excluding carboxylic acids is 2. The van der Waals surface area contributed by atoms with Crippen molar-refractivity contribution < 1.29 is 9.59 Å². The number of ketones is 1. The summed E-state index contributed by atoms with van der Waals surface area (Å²) in [6.07, 6.45) is 1.44. The highest BCUT2D eigenvalue weighted by Crippen LogP contribution is 2.24. The SMILES string of the molecule is O=C(c1ccccc1)C1CCN(C(=O)c2cc3ccccc3[nH]2)CC1. The molecule has 3 aromatic rings. The van der Waals surface area contributed by atoms with Crippen LogP contribution in [0.1, 0.15) is 33.7 Å². The van der Waals surface area contributed by atoms with E-state index in [1.165, 1.54) is 0 Å². The molecule has 0 bridgehead atoms. The van der Waals surface area contributed by atoms with Gasteiger partial charge in [-0.1, -0.05) is 48.5 Å². The van der Waals surface area contributed by atoms with Crippen LogP contribution >= 0.6 is 0 Å². The normalized spacial score (nSPS) is 15.4. The average Bonchev–Trinajstić information content (AvgIpc) is 3.12. The summed E-state index contributed by atoms with van der Waals surface area (Å²) in [5, 5.41) is 1.04. The molecule has 1 saturated heterocycles. The van der Waals surface area contributed by atoms with Crippen molar-refractivity contribution in [3.05, 3.63) is 71.9 Å². The molecule has 0 saturated carbocycles. The van der Waals surface area contributed by atoms with Crippen LogP contribution in [0.25, 0.3) is 10.9 Å². The molecule has 25 heavy (non-hydrogen) atoms. The summed E-state index contributed by atoms with van der Waals surface area (Å²) < 4.78 is 0. The van der Waals surface area contributed by atoms with E-state index in [0.717, 1.165) is 29.3 Å². The number of para-hydroxylation sites is 1. The second kappa shape index (κ2) is 6.55. The average molecular weight is 332 g/mol. The first-order valence-electron chi connectivity index (χ1n) is 8.68. The zero-order valence-electron chi connectivity index (χ0n) is 13.9. The van der Waals surface area contributed by atoms with Gasteiger partial charge < -0.3 is 9.88 Å². The summed E-state index contributed by atoms with van der Waals surface area (Å²) in [7, 11) is 0. The molecule has 1 aliphatic rings. The first-order valence-corrected chi connectivity index (χ1v) is 8.68. The van der Waals surface area contributed by atoms with Gasteiger partial charge in [0.05, 0.1) is 0 Å². The fourth-order valence-electron chi connectivity index (χ4n) is 3.54. The van der Waals surface area contributed by atoms with E-state index in [1.807, 2.05) is 65.6 Å². The standard InChI is InChI=1S/C21H20N2O2/c24-20(15-6-2-1-3-7-15)16-10-12-23(13-11-16)21(25)19-14-17-8-4-5-9-18(17)22-19/h1-9,14,16,22H,10-13H2. The van der Waals surface area contributed by atoms with Crippen LogP contribution in [-0.4, -0.2) is 34.7 Å². The molecule has 1 fully saturated rings.